The van der Waals surface area contributed by atoms with Gasteiger partial charge in [-0.25, -0.2) is 4.39 Å². The molecule has 5 heteroatoms. The predicted molar refractivity (Wildman–Crippen MR) is 78.5 cm³/mol. The molecule has 2 aromatic rings. The van der Waals surface area contributed by atoms with Gasteiger partial charge in [0.25, 0.3) is 5.91 Å². The van der Waals surface area contributed by atoms with Crippen molar-refractivity contribution >= 4 is 17.5 Å². The Bertz CT molecular complexity index is 659. The zero-order chi connectivity index (χ0) is 14.8. The molecule has 0 N–H and O–H groups in total. The van der Waals surface area contributed by atoms with Crippen LogP contribution in [-0.4, -0.2) is 21.8 Å². The highest BCUT2D eigenvalue weighted by atomic mass is 35.5. The van der Waals surface area contributed by atoms with Crippen LogP contribution in [0.3, 0.4) is 0 Å². The summed E-state index contributed by atoms with van der Waals surface area (Å²) in [4.78, 5) is 18.3. The summed E-state index contributed by atoms with van der Waals surface area (Å²) >= 11 is 5.88. The summed E-state index contributed by atoms with van der Waals surface area (Å²) in [6.07, 6.45) is 5.29. The lowest BCUT2D eigenvalue weighted by atomic mass is 10.1. The van der Waals surface area contributed by atoms with E-state index >= 15 is 0 Å². The van der Waals surface area contributed by atoms with Gasteiger partial charge in [0.1, 0.15) is 5.82 Å². The Labute approximate surface area is 127 Å². The van der Waals surface area contributed by atoms with Gasteiger partial charge in [0.2, 0.25) is 0 Å². The van der Waals surface area contributed by atoms with Gasteiger partial charge in [-0.15, -0.1) is 0 Å². The zero-order valence-electron chi connectivity index (χ0n) is 11.3. The molecule has 0 saturated heterocycles. The smallest absolute Gasteiger partial charge is 0.257 e. The van der Waals surface area contributed by atoms with E-state index in [1.807, 2.05) is 12.1 Å². The third kappa shape index (κ3) is 3.22. The summed E-state index contributed by atoms with van der Waals surface area (Å²) < 4.78 is 13.9. The number of hydrogen-bond acceptors (Lipinski definition) is 2. The van der Waals surface area contributed by atoms with E-state index in [4.69, 9.17) is 11.6 Å². The van der Waals surface area contributed by atoms with Crippen LogP contribution in [0.4, 0.5) is 4.39 Å². The lowest BCUT2D eigenvalue weighted by molar-refractivity contribution is 0.0725. The maximum atomic E-state index is 13.9. The monoisotopic (exact) mass is 304 g/mol. The number of halogens is 2. The van der Waals surface area contributed by atoms with Gasteiger partial charge in [-0.2, -0.15) is 0 Å². The fourth-order valence-corrected chi connectivity index (χ4v) is 2.43. The van der Waals surface area contributed by atoms with Gasteiger partial charge in [0.05, 0.1) is 5.56 Å². The molecule has 1 aliphatic carbocycles. The molecule has 1 fully saturated rings. The van der Waals surface area contributed by atoms with Crippen molar-refractivity contribution < 1.29 is 9.18 Å². The molecule has 1 aromatic carbocycles. The summed E-state index contributed by atoms with van der Waals surface area (Å²) in [7, 11) is 0. The second-order valence-corrected chi connectivity index (χ2v) is 5.58. The molecule has 0 unspecified atom stereocenters. The van der Waals surface area contributed by atoms with Crippen LogP contribution < -0.4 is 0 Å². The summed E-state index contributed by atoms with van der Waals surface area (Å²) in [6, 6.07) is 7.96. The maximum Gasteiger partial charge on any atom is 0.257 e. The molecule has 1 aromatic heterocycles. The van der Waals surface area contributed by atoms with E-state index < -0.39 is 5.82 Å². The van der Waals surface area contributed by atoms with Crippen LogP contribution in [0.15, 0.2) is 42.7 Å². The Balaban J connectivity index is 1.87. The summed E-state index contributed by atoms with van der Waals surface area (Å²) in [5.41, 5.74) is 1.01. The quantitative estimate of drug-likeness (QED) is 0.863. The van der Waals surface area contributed by atoms with E-state index in [0.29, 0.717) is 11.6 Å². The van der Waals surface area contributed by atoms with Gasteiger partial charge in [-0.1, -0.05) is 11.6 Å². The van der Waals surface area contributed by atoms with Gasteiger partial charge in [0, 0.05) is 30.0 Å². The predicted octanol–water partition coefficient (Wildman–Crippen LogP) is 3.68. The SMILES string of the molecule is O=C(c1cc(Cl)ccc1F)N(Cc1ccncc1)C1CC1. The van der Waals surface area contributed by atoms with Crippen molar-refractivity contribution in [3.63, 3.8) is 0 Å². The van der Waals surface area contributed by atoms with Crippen molar-refractivity contribution in [1.82, 2.24) is 9.88 Å². The van der Waals surface area contributed by atoms with Gasteiger partial charge >= 0.3 is 0 Å². The minimum absolute atomic E-state index is 0.0310. The Morgan fingerprint density at radius 3 is 2.67 bits per heavy atom. The topological polar surface area (TPSA) is 33.2 Å². The first-order chi connectivity index (χ1) is 10.1. The average molecular weight is 305 g/mol. The summed E-state index contributed by atoms with van der Waals surface area (Å²) in [6.45, 7) is 0.456. The highest BCUT2D eigenvalue weighted by molar-refractivity contribution is 6.31. The Hall–Kier alpha value is -1.94. The molecule has 1 amide bonds. The molecule has 108 valence electrons. The van der Waals surface area contributed by atoms with Crippen LogP contribution in [0.25, 0.3) is 0 Å². The number of benzene rings is 1. The largest absolute Gasteiger partial charge is 0.331 e. The third-order valence-electron chi connectivity index (χ3n) is 3.51. The number of hydrogen-bond donors (Lipinski definition) is 0. The summed E-state index contributed by atoms with van der Waals surface area (Å²) in [5, 5.41) is 0.361. The molecule has 0 radical (unpaired) electrons. The first kappa shape index (κ1) is 14.0. The van der Waals surface area contributed by atoms with Gasteiger partial charge in [-0.3, -0.25) is 9.78 Å². The molecule has 3 nitrogen and oxygen atoms in total. The Morgan fingerprint density at radius 2 is 2.00 bits per heavy atom. The van der Waals surface area contributed by atoms with E-state index in [0.717, 1.165) is 18.4 Å². The Kier molecular flexibility index (Phi) is 3.88. The second-order valence-electron chi connectivity index (χ2n) is 5.14. The van der Waals surface area contributed by atoms with Crippen molar-refractivity contribution in [2.75, 3.05) is 0 Å². The van der Waals surface area contributed by atoms with Crippen LogP contribution in [0.2, 0.25) is 5.02 Å². The molecular formula is C16H14ClFN2O. The number of amides is 1. The van der Waals surface area contributed by atoms with Crippen molar-refractivity contribution in [2.45, 2.75) is 25.4 Å². The fraction of sp³-hybridized carbons (Fsp3) is 0.250. The minimum atomic E-state index is -0.537. The lowest BCUT2D eigenvalue weighted by Crippen LogP contribution is -2.33. The lowest BCUT2D eigenvalue weighted by Gasteiger charge is -2.23. The summed E-state index contributed by atoms with van der Waals surface area (Å²) in [5.74, 6) is -0.848. The molecule has 1 saturated carbocycles. The van der Waals surface area contributed by atoms with Crippen LogP contribution in [0.1, 0.15) is 28.8 Å². The first-order valence-corrected chi connectivity index (χ1v) is 7.18. The zero-order valence-corrected chi connectivity index (χ0v) is 12.1. The number of carbonyl (C=O) groups excluding carboxylic acids is 1. The molecule has 3 rings (SSSR count). The highest BCUT2D eigenvalue weighted by Gasteiger charge is 2.34. The molecule has 1 aliphatic rings. The normalized spacial score (nSPS) is 14.0. The third-order valence-corrected chi connectivity index (χ3v) is 3.74. The molecular weight excluding hydrogens is 291 g/mol. The van der Waals surface area contributed by atoms with Gasteiger partial charge in [0.15, 0.2) is 0 Å². The van der Waals surface area contributed by atoms with Gasteiger partial charge < -0.3 is 4.90 Å². The number of nitrogens with zero attached hydrogens (tertiary/aromatic N) is 2. The number of carbonyl (C=O) groups is 1. The molecule has 21 heavy (non-hydrogen) atoms. The first-order valence-electron chi connectivity index (χ1n) is 6.80. The van der Waals surface area contributed by atoms with Crippen molar-refractivity contribution in [1.29, 1.82) is 0 Å². The Morgan fingerprint density at radius 1 is 1.29 bits per heavy atom. The van der Waals surface area contributed by atoms with Crippen molar-refractivity contribution in [3.05, 3.63) is 64.7 Å². The molecule has 0 aliphatic heterocycles. The maximum absolute atomic E-state index is 13.9. The number of rotatable bonds is 4. The fourth-order valence-electron chi connectivity index (χ4n) is 2.25. The average Bonchev–Trinajstić information content (AvgIpc) is 3.32. The van der Waals surface area contributed by atoms with E-state index in [2.05, 4.69) is 4.98 Å². The minimum Gasteiger partial charge on any atom is -0.331 e. The van der Waals surface area contributed by atoms with E-state index in [1.54, 1.807) is 17.3 Å². The van der Waals surface area contributed by atoms with Crippen LogP contribution in [0.5, 0.6) is 0 Å². The number of aromatic nitrogens is 1. The number of pyridine rings is 1. The van der Waals surface area contributed by atoms with Crippen LogP contribution >= 0.6 is 11.6 Å². The van der Waals surface area contributed by atoms with Crippen LogP contribution in [-0.2, 0) is 6.54 Å². The van der Waals surface area contributed by atoms with E-state index in [-0.39, 0.29) is 17.5 Å². The van der Waals surface area contributed by atoms with E-state index in [1.165, 1.54) is 18.2 Å². The second kappa shape index (κ2) is 5.82. The highest BCUT2D eigenvalue weighted by Crippen LogP contribution is 2.30. The van der Waals surface area contributed by atoms with Crippen LogP contribution in [0, 0.1) is 5.82 Å². The standard InChI is InChI=1S/C16H14ClFN2O/c17-12-1-4-15(18)14(9-12)16(21)20(13-2-3-13)10-11-5-7-19-8-6-11/h1,4-9,13H,2-3,10H2. The van der Waals surface area contributed by atoms with Gasteiger partial charge in [-0.05, 0) is 48.7 Å². The molecule has 0 bridgehead atoms. The van der Waals surface area contributed by atoms with Crippen molar-refractivity contribution in [3.8, 4) is 0 Å². The molecule has 0 spiro atoms. The van der Waals surface area contributed by atoms with Crippen molar-refractivity contribution in [2.24, 2.45) is 0 Å². The van der Waals surface area contributed by atoms with E-state index in [9.17, 15) is 9.18 Å². The molecule has 0 atom stereocenters. The molecule has 1 heterocycles.